The molecule has 0 fully saturated rings. The molecule has 0 radical (unpaired) electrons. The van der Waals surface area contributed by atoms with Gasteiger partial charge >= 0.3 is 0 Å². The Bertz CT molecular complexity index is 1040. The molecule has 146 valence electrons. The summed E-state index contributed by atoms with van der Waals surface area (Å²) in [6.07, 6.45) is 4.47. The molecule has 7 heteroatoms. The molecule has 0 saturated carbocycles. The summed E-state index contributed by atoms with van der Waals surface area (Å²) < 4.78 is 25.7. The molecule has 27 heavy (non-hydrogen) atoms. The first-order chi connectivity index (χ1) is 13.0. The molecule has 2 aromatic heterocycles. The van der Waals surface area contributed by atoms with Crippen LogP contribution in [-0.2, 0) is 22.8 Å². The largest absolute Gasteiger partial charge is 0.382 e. The van der Waals surface area contributed by atoms with Crippen LogP contribution in [-0.4, -0.2) is 34.5 Å². The molecule has 3 rings (SSSR count). The molecule has 0 atom stereocenters. The summed E-state index contributed by atoms with van der Waals surface area (Å²) in [7, 11) is -2.92. The molecule has 0 unspecified atom stereocenters. The fourth-order valence-corrected chi connectivity index (χ4v) is 4.34. The van der Waals surface area contributed by atoms with E-state index in [1.165, 1.54) is 0 Å². The lowest BCUT2D eigenvalue weighted by Crippen LogP contribution is -2.10. The first kappa shape index (κ1) is 19.6. The molecule has 0 aliphatic carbocycles. The number of hydrogen-bond donors (Lipinski definition) is 1. The van der Waals surface area contributed by atoms with Crippen molar-refractivity contribution in [3.8, 4) is 0 Å². The normalized spacial score (nSPS) is 12.2. The highest BCUT2D eigenvalue weighted by Gasteiger charge is 2.17. The van der Waals surface area contributed by atoms with E-state index in [-0.39, 0.29) is 11.5 Å². The number of rotatable bonds is 9. The summed E-state index contributed by atoms with van der Waals surface area (Å²) in [6.45, 7) is 4.60. The standard InChI is InChI=1S/C20H28N4O2S/c1-3-5-12-17-23-18-19(15-10-6-7-11-16(15)22-20(18)21)24(17)13-8-9-14-27(25,26)4-2/h6-7,10-11H,3-5,8-9,12-14H2,1-2H3,(H2,21,22). The van der Waals surface area contributed by atoms with Crippen LogP contribution in [0.3, 0.4) is 0 Å². The number of pyridine rings is 1. The van der Waals surface area contributed by atoms with E-state index in [9.17, 15) is 8.42 Å². The number of anilines is 1. The molecule has 2 heterocycles. The molecule has 0 amide bonds. The second-order valence-corrected chi connectivity index (χ2v) is 9.41. The molecular weight excluding hydrogens is 360 g/mol. The maximum Gasteiger partial charge on any atom is 0.152 e. The van der Waals surface area contributed by atoms with Crippen LogP contribution in [0, 0.1) is 0 Å². The Morgan fingerprint density at radius 3 is 2.59 bits per heavy atom. The molecule has 0 bridgehead atoms. The fourth-order valence-electron chi connectivity index (χ4n) is 3.41. The summed E-state index contributed by atoms with van der Waals surface area (Å²) in [5.74, 6) is 1.91. The van der Waals surface area contributed by atoms with E-state index in [0.717, 1.165) is 60.0 Å². The molecule has 3 aromatic rings. The number of aromatic nitrogens is 3. The predicted molar refractivity (Wildman–Crippen MR) is 112 cm³/mol. The highest BCUT2D eigenvalue weighted by molar-refractivity contribution is 7.91. The third-order valence-corrected chi connectivity index (χ3v) is 6.76. The molecule has 0 saturated heterocycles. The van der Waals surface area contributed by atoms with E-state index < -0.39 is 9.84 Å². The monoisotopic (exact) mass is 388 g/mol. The summed E-state index contributed by atoms with van der Waals surface area (Å²) in [5, 5.41) is 1.04. The van der Waals surface area contributed by atoms with Gasteiger partial charge in [-0.05, 0) is 25.3 Å². The summed E-state index contributed by atoms with van der Waals surface area (Å²) >= 11 is 0. The molecule has 0 aliphatic heterocycles. The lowest BCUT2D eigenvalue weighted by atomic mass is 10.2. The molecule has 1 aromatic carbocycles. The zero-order valence-corrected chi connectivity index (χ0v) is 16.9. The average molecular weight is 389 g/mol. The number of benzene rings is 1. The quantitative estimate of drug-likeness (QED) is 0.564. The van der Waals surface area contributed by atoms with E-state index in [1.807, 2.05) is 24.3 Å². The Hall–Kier alpha value is -2.15. The smallest absolute Gasteiger partial charge is 0.152 e. The van der Waals surface area contributed by atoms with E-state index in [2.05, 4.69) is 16.5 Å². The van der Waals surface area contributed by atoms with Crippen LogP contribution in [0.15, 0.2) is 24.3 Å². The number of fused-ring (bicyclic) bond motifs is 3. The maximum absolute atomic E-state index is 11.8. The van der Waals surface area contributed by atoms with Gasteiger partial charge < -0.3 is 10.3 Å². The topological polar surface area (TPSA) is 90.9 Å². The number of nitrogens with zero attached hydrogens (tertiary/aromatic N) is 3. The lowest BCUT2D eigenvalue weighted by Gasteiger charge is -2.11. The Morgan fingerprint density at radius 1 is 1.07 bits per heavy atom. The van der Waals surface area contributed by atoms with Crippen molar-refractivity contribution in [1.82, 2.24) is 14.5 Å². The predicted octanol–water partition coefficient (Wildman–Crippen LogP) is 3.72. The van der Waals surface area contributed by atoms with Crippen LogP contribution in [0.25, 0.3) is 21.9 Å². The number of sulfone groups is 1. The zero-order valence-electron chi connectivity index (χ0n) is 16.1. The second kappa shape index (κ2) is 8.25. The minimum Gasteiger partial charge on any atom is -0.382 e. The summed E-state index contributed by atoms with van der Waals surface area (Å²) in [5.41, 5.74) is 8.82. The summed E-state index contributed by atoms with van der Waals surface area (Å²) in [6, 6.07) is 7.96. The molecular formula is C20H28N4O2S. The molecule has 0 spiro atoms. The van der Waals surface area contributed by atoms with Gasteiger partial charge in [0, 0.05) is 24.1 Å². The van der Waals surface area contributed by atoms with Crippen molar-refractivity contribution in [3.63, 3.8) is 0 Å². The average Bonchev–Trinajstić information content (AvgIpc) is 3.03. The minimum atomic E-state index is -2.92. The van der Waals surface area contributed by atoms with Gasteiger partial charge in [-0.1, -0.05) is 38.5 Å². The number of para-hydroxylation sites is 1. The molecule has 6 nitrogen and oxygen atoms in total. The Labute approximate surface area is 160 Å². The highest BCUT2D eigenvalue weighted by Crippen LogP contribution is 2.29. The van der Waals surface area contributed by atoms with Gasteiger partial charge in [-0.15, -0.1) is 0 Å². The number of aryl methyl sites for hydroxylation is 2. The number of hydrogen-bond acceptors (Lipinski definition) is 5. The SMILES string of the molecule is CCCCc1nc2c(N)nc3ccccc3c2n1CCCCS(=O)(=O)CC. The van der Waals surface area contributed by atoms with Crippen LogP contribution >= 0.6 is 0 Å². The van der Waals surface area contributed by atoms with Crippen LogP contribution in [0.4, 0.5) is 5.82 Å². The van der Waals surface area contributed by atoms with Gasteiger partial charge in [0.25, 0.3) is 0 Å². The van der Waals surface area contributed by atoms with E-state index in [1.54, 1.807) is 6.92 Å². The number of nitrogen functional groups attached to an aromatic ring is 1. The van der Waals surface area contributed by atoms with E-state index in [4.69, 9.17) is 10.7 Å². The van der Waals surface area contributed by atoms with Crippen molar-refractivity contribution in [1.29, 1.82) is 0 Å². The van der Waals surface area contributed by atoms with Crippen molar-refractivity contribution in [2.45, 2.75) is 52.5 Å². The van der Waals surface area contributed by atoms with Crippen molar-refractivity contribution in [2.75, 3.05) is 17.2 Å². The first-order valence-corrected chi connectivity index (χ1v) is 11.5. The second-order valence-electron chi connectivity index (χ2n) is 6.94. The van der Waals surface area contributed by atoms with Gasteiger partial charge in [0.15, 0.2) is 5.82 Å². The van der Waals surface area contributed by atoms with Crippen LogP contribution in [0.5, 0.6) is 0 Å². The van der Waals surface area contributed by atoms with Gasteiger partial charge in [-0.3, -0.25) is 0 Å². The summed E-state index contributed by atoms with van der Waals surface area (Å²) in [4.78, 5) is 9.30. The first-order valence-electron chi connectivity index (χ1n) is 9.70. The minimum absolute atomic E-state index is 0.204. The Morgan fingerprint density at radius 2 is 1.85 bits per heavy atom. The number of imidazole rings is 1. The van der Waals surface area contributed by atoms with Crippen LogP contribution in [0.1, 0.15) is 45.4 Å². The third-order valence-electron chi connectivity index (χ3n) is 4.97. The maximum atomic E-state index is 11.8. The van der Waals surface area contributed by atoms with Crippen LogP contribution in [0.2, 0.25) is 0 Å². The van der Waals surface area contributed by atoms with Gasteiger partial charge in [-0.2, -0.15) is 0 Å². The number of nitrogens with two attached hydrogens (primary N) is 1. The molecule has 0 aliphatic rings. The fraction of sp³-hybridized carbons (Fsp3) is 0.500. The van der Waals surface area contributed by atoms with Crippen LogP contribution < -0.4 is 5.73 Å². The zero-order chi connectivity index (χ0) is 19.4. The van der Waals surface area contributed by atoms with Crippen molar-refractivity contribution in [3.05, 3.63) is 30.1 Å². The Balaban J connectivity index is 1.99. The van der Waals surface area contributed by atoms with Crippen molar-refractivity contribution in [2.24, 2.45) is 0 Å². The lowest BCUT2D eigenvalue weighted by molar-refractivity contribution is 0.579. The van der Waals surface area contributed by atoms with Gasteiger partial charge in [0.05, 0.1) is 16.8 Å². The molecule has 2 N–H and O–H groups in total. The number of unbranched alkanes of at least 4 members (excludes halogenated alkanes) is 2. The van der Waals surface area contributed by atoms with E-state index >= 15 is 0 Å². The highest BCUT2D eigenvalue weighted by atomic mass is 32.2. The van der Waals surface area contributed by atoms with Crippen molar-refractivity contribution >= 4 is 37.6 Å². The third kappa shape index (κ3) is 4.24. The van der Waals surface area contributed by atoms with Crippen molar-refractivity contribution < 1.29 is 8.42 Å². The van der Waals surface area contributed by atoms with Gasteiger partial charge in [0.1, 0.15) is 21.2 Å². The van der Waals surface area contributed by atoms with Gasteiger partial charge in [-0.25, -0.2) is 18.4 Å². The van der Waals surface area contributed by atoms with Gasteiger partial charge in [0.2, 0.25) is 0 Å². The Kier molecular flexibility index (Phi) is 5.99. The van der Waals surface area contributed by atoms with E-state index in [0.29, 0.717) is 12.2 Å².